The first kappa shape index (κ1) is 9.72. The molecule has 1 nitrogen and oxygen atoms in total. The van der Waals surface area contributed by atoms with Gasteiger partial charge in [-0.05, 0) is 37.9 Å². The van der Waals surface area contributed by atoms with Crippen LogP contribution in [0.3, 0.4) is 0 Å². The minimum atomic E-state index is 0.245. The van der Waals surface area contributed by atoms with Crippen LogP contribution in [0.15, 0.2) is 24.3 Å². The molecule has 1 heteroatoms. The van der Waals surface area contributed by atoms with Gasteiger partial charge in [-0.2, -0.15) is 0 Å². The molecule has 1 aromatic rings. The fraction of sp³-hybridized carbons (Fsp3) is 0.538. The van der Waals surface area contributed by atoms with E-state index in [9.17, 15) is 0 Å². The molecule has 14 heavy (non-hydrogen) atoms. The first-order valence-electron chi connectivity index (χ1n) is 5.48. The molecule has 0 bridgehead atoms. The van der Waals surface area contributed by atoms with Gasteiger partial charge in [0.05, 0.1) is 0 Å². The Balaban J connectivity index is 2.52. The minimum Gasteiger partial charge on any atom is -0.297 e. The second-order valence-electron chi connectivity index (χ2n) is 4.46. The van der Waals surface area contributed by atoms with Gasteiger partial charge >= 0.3 is 0 Å². The monoisotopic (exact) mass is 189 g/mol. The van der Waals surface area contributed by atoms with Crippen LogP contribution in [-0.4, -0.2) is 18.5 Å². The molecule has 0 amide bonds. The van der Waals surface area contributed by atoms with Gasteiger partial charge in [0.25, 0.3) is 0 Å². The van der Waals surface area contributed by atoms with Gasteiger partial charge in [-0.25, -0.2) is 0 Å². The molecular formula is C13H19N. The highest BCUT2D eigenvalue weighted by Gasteiger charge is 2.34. The van der Waals surface area contributed by atoms with E-state index >= 15 is 0 Å². The SMILES string of the molecule is CCC1(C)c2ccccc2CCN1C. The molecule has 0 radical (unpaired) electrons. The third-order valence-electron chi connectivity index (χ3n) is 3.85. The number of hydrogen-bond donors (Lipinski definition) is 0. The molecule has 0 saturated heterocycles. The van der Waals surface area contributed by atoms with Crippen LogP contribution in [0, 0.1) is 0 Å². The van der Waals surface area contributed by atoms with Crippen LogP contribution in [-0.2, 0) is 12.0 Å². The van der Waals surface area contributed by atoms with E-state index in [0.29, 0.717) is 0 Å². The fourth-order valence-corrected chi connectivity index (χ4v) is 2.46. The Hall–Kier alpha value is -0.820. The summed E-state index contributed by atoms with van der Waals surface area (Å²) in [6.45, 7) is 5.81. The van der Waals surface area contributed by atoms with Crippen LogP contribution in [0.25, 0.3) is 0 Å². The predicted octanol–water partition coefficient (Wildman–Crippen LogP) is 2.80. The summed E-state index contributed by atoms with van der Waals surface area (Å²) in [5.41, 5.74) is 3.31. The van der Waals surface area contributed by atoms with Gasteiger partial charge in [-0.15, -0.1) is 0 Å². The van der Waals surface area contributed by atoms with Gasteiger partial charge in [0.1, 0.15) is 0 Å². The van der Waals surface area contributed by atoms with E-state index in [0.717, 1.165) is 0 Å². The van der Waals surface area contributed by atoms with Crippen molar-refractivity contribution in [2.75, 3.05) is 13.6 Å². The largest absolute Gasteiger partial charge is 0.297 e. The van der Waals surface area contributed by atoms with Crippen LogP contribution in [0.2, 0.25) is 0 Å². The Bertz CT molecular complexity index is 332. The van der Waals surface area contributed by atoms with Gasteiger partial charge in [0, 0.05) is 12.1 Å². The maximum absolute atomic E-state index is 2.48. The first-order valence-corrected chi connectivity index (χ1v) is 5.48. The highest BCUT2D eigenvalue weighted by molar-refractivity contribution is 5.35. The Labute approximate surface area is 86.7 Å². The van der Waals surface area contributed by atoms with Crippen LogP contribution in [0.4, 0.5) is 0 Å². The highest BCUT2D eigenvalue weighted by atomic mass is 15.2. The quantitative estimate of drug-likeness (QED) is 0.656. The maximum Gasteiger partial charge on any atom is 0.0429 e. The summed E-state index contributed by atoms with van der Waals surface area (Å²) in [6, 6.07) is 8.87. The summed E-state index contributed by atoms with van der Waals surface area (Å²) >= 11 is 0. The smallest absolute Gasteiger partial charge is 0.0429 e. The van der Waals surface area contributed by atoms with E-state index in [1.807, 2.05) is 0 Å². The third kappa shape index (κ3) is 1.27. The Morgan fingerprint density at radius 1 is 1.36 bits per heavy atom. The summed E-state index contributed by atoms with van der Waals surface area (Å²) in [5.74, 6) is 0. The van der Waals surface area contributed by atoms with Crippen LogP contribution in [0.1, 0.15) is 31.4 Å². The van der Waals surface area contributed by atoms with Crippen molar-refractivity contribution in [2.45, 2.75) is 32.2 Å². The standard InChI is InChI=1S/C13H19N/c1-4-13(2)12-8-6-5-7-11(12)9-10-14(13)3/h5-8H,4,9-10H2,1-3H3. The van der Waals surface area contributed by atoms with E-state index in [-0.39, 0.29) is 5.54 Å². The molecule has 1 unspecified atom stereocenters. The molecule has 1 atom stereocenters. The summed E-state index contributed by atoms with van der Waals surface area (Å²) in [7, 11) is 2.24. The molecule has 1 aliphatic heterocycles. The van der Waals surface area contributed by atoms with Crippen molar-refractivity contribution in [3.05, 3.63) is 35.4 Å². The molecule has 0 spiro atoms. The summed E-state index contributed by atoms with van der Waals surface area (Å²) in [4.78, 5) is 2.48. The van der Waals surface area contributed by atoms with E-state index in [2.05, 4.69) is 50.1 Å². The molecule has 1 aromatic carbocycles. The van der Waals surface area contributed by atoms with Gasteiger partial charge < -0.3 is 0 Å². The summed E-state index contributed by atoms with van der Waals surface area (Å²) in [5, 5.41) is 0. The highest BCUT2D eigenvalue weighted by Crippen LogP contribution is 2.36. The maximum atomic E-state index is 2.48. The van der Waals surface area contributed by atoms with Crippen molar-refractivity contribution < 1.29 is 0 Å². The van der Waals surface area contributed by atoms with Crippen molar-refractivity contribution in [3.63, 3.8) is 0 Å². The zero-order valence-electron chi connectivity index (χ0n) is 9.38. The number of benzene rings is 1. The molecule has 0 saturated carbocycles. The number of rotatable bonds is 1. The molecule has 1 heterocycles. The van der Waals surface area contributed by atoms with Gasteiger partial charge in [-0.1, -0.05) is 31.2 Å². The molecule has 0 aliphatic carbocycles. The van der Waals surface area contributed by atoms with Gasteiger partial charge in [0.2, 0.25) is 0 Å². The number of hydrogen-bond acceptors (Lipinski definition) is 1. The van der Waals surface area contributed by atoms with E-state index in [1.165, 1.54) is 30.5 Å². The van der Waals surface area contributed by atoms with Gasteiger partial charge in [-0.3, -0.25) is 4.90 Å². The molecule has 0 N–H and O–H groups in total. The molecular weight excluding hydrogens is 170 g/mol. The van der Waals surface area contributed by atoms with Crippen molar-refractivity contribution in [3.8, 4) is 0 Å². The van der Waals surface area contributed by atoms with Crippen molar-refractivity contribution in [2.24, 2.45) is 0 Å². The third-order valence-corrected chi connectivity index (χ3v) is 3.85. The van der Waals surface area contributed by atoms with Crippen LogP contribution >= 0.6 is 0 Å². The molecule has 0 aromatic heterocycles. The second-order valence-corrected chi connectivity index (χ2v) is 4.46. The fourth-order valence-electron chi connectivity index (χ4n) is 2.46. The Kier molecular flexibility index (Phi) is 2.36. The summed E-state index contributed by atoms with van der Waals surface area (Å²) < 4.78 is 0. The molecule has 2 rings (SSSR count). The minimum absolute atomic E-state index is 0.245. The number of nitrogens with zero attached hydrogens (tertiary/aromatic N) is 1. The lowest BCUT2D eigenvalue weighted by atomic mass is 9.80. The molecule has 76 valence electrons. The van der Waals surface area contributed by atoms with E-state index < -0.39 is 0 Å². The second kappa shape index (κ2) is 3.39. The zero-order valence-corrected chi connectivity index (χ0v) is 9.38. The van der Waals surface area contributed by atoms with Crippen molar-refractivity contribution in [1.82, 2.24) is 4.90 Å². The average molecular weight is 189 g/mol. The van der Waals surface area contributed by atoms with Crippen LogP contribution < -0.4 is 0 Å². The lowest BCUT2D eigenvalue weighted by Crippen LogP contribution is -2.45. The zero-order chi connectivity index (χ0) is 10.2. The van der Waals surface area contributed by atoms with E-state index in [1.54, 1.807) is 0 Å². The van der Waals surface area contributed by atoms with Crippen molar-refractivity contribution >= 4 is 0 Å². The Morgan fingerprint density at radius 3 is 2.79 bits per heavy atom. The van der Waals surface area contributed by atoms with Crippen molar-refractivity contribution in [1.29, 1.82) is 0 Å². The first-order chi connectivity index (χ1) is 6.68. The lowest BCUT2D eigenvalue weighted by Gasteiger charge is -2.43. The molecule has 1 aliphatic rings. The lowest BCUT2D eigenvalue weighted by molar-refractivity contribution is 0.119. The molecule has 0 fully saturated rings. The van der Waals surface area contributed by atoms with E-state index in [4.69, 9.17) is 0 Å². The van der Waals surface area contributed by atoms with Gasteiger partial charge in [0.15, 0.2) is 0 Å². The summed E-state index contributed by atoms with van der Waals surface area (Å²) in [6.07, 6.45) is 2.38. The Morgan fingerprint density at radius 2 is 2.07 bits per heavy atom. The average Bonchev–Trinajstić information content (AvgIpc) is 2.24. The van der Waals surface area contributed by atoms with Crippen LogP contribution in [0.5, 0.6) is 0 Å². The normalized spacial score (nSPS) is 27.4. The predicted molar refractivity (Wildman–Crippen MR) is 60.4 cm³/mol. The number of likely N-dealkylation sites (N-methyl/N-ethyl adjacent to an activating group) is 1. The topological polar surface area (TPSA) is 3.24 Å². The number of fused-ring (bicyclic) bond motifs is 1.